The van der Waals surface area contributed by atoms with E-state index < -0.39 is 17.3 Å². The zero-order valence-electron chi connectivity index (χ0n) is 18.5. The molecule has 0 fully saturated rings. The van der Waals surface area contributed by atoms with Gasteiger partial charge in [-0.25, -0.2) is 4.98 Å². The second-order valence-corrected chi connectivity index (χ2v) is 8.22. The molecule has 0 aliphatic heterocycles. The molecule has 3 rings (SSSR count). The number of imidazole rings is 1. The zero-order valence-corrected chi connectivity index (χ0v) is 18.5. The lowest BCUT2D eigenvalue weighted by Gasteiger charge is -2.28. The van der Waals surface area contributed by atoms with Crippen molar-refractivity contribution in [3.8, 4) is 28.4 Å². The highest BCUT2D eigenvalue weighted by atomic mass is 19.4. The van der Waals surface area contributed by atoms with Gasteiger partial charge in [0.05, 0.1) is 23.9 Å². The predicted molar refractivity (Wildman–Crippen MR) is 116 cm³/mol. The van der Waals surface area contributed by atoms with Crippen molar-refractivity contribution >= 4 is 5.91 Å². The number of hydrogen-bond donors (Lipinski definition) is 2. The summed E-state index contributed by atoms with van der Waals surface area (Å²) in [6.45, 7) is 3.87. The third-order valence-electron chi connectivity index (χ3n) is 5.03. The molecule has 0 spiro atoms. The number of aromatic nitrogens is 3. The minimum Gasteiger partial charge on any atom is -0.492 e. The number of H-pyrrole nitrogens is 1. The summed E-state index contributed by atoms with van der Waals surface area (Å²) in [5, 5.41) is 9.01. The summed E-state index contributed by atoms with van der Waals surface area (Å²) < 4.78 is 44.0. The van der Waals surface area contributed by atoms with Gasteiger partial charge >= 0.3 is 6.18 Å². The number of pyridine rings is 1. The third kappa shape index (κ3) is 5.89. The van der Waals surface area contributed by atoms with E-state index in [4.69, 9.17) is 9.84 Å². The van der Waals surface area contributed by atoms with Crippen molar-refractivity contribution in [2.24, 2.45) is 5.41 Å². The molecule has 2 heterocycles. The standard InChI is InChI=1S/C23H25F3N4O3/c1-22(2,21(32)30(3)10-11-31)14-33-17-7-4-15(5-8-17)18-9-6-16(12-27-18)20-28-13-19(29-20)23(24,25)26/h4-9,12-13,31H,10-11,14H2,1-3H3,(H,28,29). The lowest BCUT2D eigenvalue weighted by molar-refractivity contribution is -0.141. The number of aliphatic hydroxyl groups is 1. The van der Waals surface area contributed by atoms with Crippen LogP contribution in [0, 0.1) is 5.41 Å². The van der Waals surface area contributed by atoms with Gasteiger partial charge in [-0.2, -0.15) is 13.2 Å². The Morgan fingerprint density at radius 1 is 1.06 bits per heavy atom. The predicted octanol–water partition coefficient (Wildman–Crippen LogP) is 4.01. The van der Waals surface area contributed by atoms with Crippen molar-refractivity contribution in [3.63, 3.8) is 0 Å². The van der Waals surface area contributed by atoms with Gasteiger partial charge in [0.1, 0.15) is 23.9 Å². The van der Waals surface area contributed by atoms with Crippen molar-refractivity contribution < 1.29 is 27.8 Å². The first-order chi connectivity index (χ1) is 15.5. The van der Waals surface area contributed by atoms with E-state index in [1.54, 1.807) is 57.3 Å². The van der Waals surface area contributed by atoms with Gasteiger partial charge in [0.2, 0.25) is 5.91 Å². The van der Waals surface area contributed by atoms with Crippen molar-refractivity contribution in [2.75, 3.05) is 26.8 Å². The number of nitrogens with one attached hydrogen (secondary N) is 1. The molecular weight excluding hydrogens is 437 g/mol. The molecule has 0 aliphatic rings. The van der Waals surface area contributed by atoms with Crippen LogP contribution in [0.3, 0.4) is 0 Å². The molecule has 176 valence electrons. The van der Waals surface area contributed by atoms with Crippen LogP contribution < -0.4 is 4.74 Å². The van der Waals surface area contributed by atoms with Crippen LogP contribution in [0.1, 0.15) is 19.5 Å². The maximum absolute atomic E-state index is 12.7. The van der Waals surface area contributed by atoms with Crippen LogP contribution in [0.15, 0.2) is 48.8 Å². The van der Waals surface area contributed by atoms with E-state index in [2.05, 4.69) is 15.0 Å². The molecular formula is C23H25F3N4O3. The first-order valence-corrected chi connectivity index (χ1v) is 10.2. The highest BCUT2D eigenvalue weighted by molar-refractivity contribution is 5.81. The summed E-state index contributed by atoms with van der Waals surface area (Å²) in [4.78, 5) is 24.3. The average molecular weight is 462 g/mol. The molecule has 0 bridgehead atoms. The number of amides is 1. The Morgan fingerprint density at radius 3 is 2.27 bits per heavy atom. The van der Waals surface area contributed by atoms with Crippen LogP contribution in [-0.4, -0.2) is 57.7 Å². The van der Waals surface area contributed by atoms with Gasteiger partial charge in [-0.3, -0.25) is 9.78 Å². The lowest BCUT2D eigenvalue weighted by Crippen LogP contribution is -2.43. The summed E-state index contributed by atoms with van der Waals surface area (Å²) >= 11 is 0. The van der Waals surface area contributed by atoms with Gasteiger partial charge < -0.3 is 19.7 Å². The van der Waals surface area contributed by atoms with Crippen molar-refractivity contribution in [2.45, 2.75) is 20.0 Å². The number of alkyl halides is 3. The number of aliphatic hydroxyl groups excluding tert-OH is 1. The maximum atomic E-state index is 12.7. The summed E-state index contributed by atoms with van der Waals surface area (Å²) in [7, 11) is 1.63. The molecule has 1 aromatic carbocycles. The minimum atomic E-state index is -4.49. The van der Waals surface area contributed by atoms with Gasteiger partial charge in [-0.1, -0.05) is 0 Å². The van der Waals surface area contributed by atoms with E-state index in [1.807, 2.05) is 0 Å². The largest absolute Gasteiger partial charge is 0.492 e. The van der Waals surface area contributed by atoms with Crippen LogP contribution in [0.5, 0.6) is 5.75 Å². The number of likely N-dealkylation sites (N-methyl/N-ethyl adjacent to an activating group) is 1. The minimum absolute atomic E-state index is 0.0897. The molecule has 0 radical (unpaired) electrons. The molecule has 7 nitrogen and oxygen atoms in total. The fourth-order valence-corrected chi connectivity index (χ4v) is 3.13. The third-order valence-corrected chi connectivity index (χ3v) is 5.03. The van der Waals surface area contributed by atoms with Crippen molar-refractivity contribution in [1.29, 1.82) is 0 Å². The van der Waals surface area contributed by atoms with Gasteiger partial charge in [-0.05, 0) is 50.2 Å². The Bertz CT molecular complexity index is 1080. The Labute approximate surface area is 189 Å². The number of halogens is 3. The molecule has 0 aliphatic carbocycles. The van der Waals surface area contributed by atoms with E-state index >= 15 is 0 Å². The Morgan fingerprint density at radius 2 is 1.73 bits per heavy atom. The van der Waals surface area contributed by atoms with Gasteiger partial charge in [0.25, 0.3) is 0 Å². The number of hydrogen-bond acceptors (Lipinski definition) is 5. The molecule has 33 heavy (non-hydrogen) atoms. The normalized spacial score (nSPS) is 12.0. The second-order valence-electron chi connectivity index (χ2n) is 8.22. The molecule has 0 saturated carbocycles. The average Bonchev–Trinajstić information content (AvgIpc) is 3.29. The Kier molecular flexibility index (Phi) is 7.06. The number of benzene rings is 1. The van der Waals surface area contributed by atoms with Gasteiger partial charge in [0, 0.05) is 30.9 Å². The number of carbonyl (C=O) groups excluding carboxylic acids is 1. The molecule has 3 aromatic rings. The number of rotatable bonds is 8. The number of carbonyl (C=O) groups is 1. The fourth-order valence-electron chi connectivity index (χ4n) is 3.13. The Hall–Kier alpha value is -3.40. The van der Waals surface area contributed by atoms with Crippen LogP contribution in [0.25, 0.3) is 22.6 Å². The van der Waals surface area contributed by atoms with Gasteiger partial charge in [-0.15, -0.1) is 0 Å². The molecule has 0 unspecified atom stereocenters. The van der Waals surface area contributed by atoms with Gasteiger partial charge in [0.15, 0.2) is 0 Å². The van der Waals surface area contributed by atoms with Crippen LogP contribution >= 0.6 is 0 Å². The second kappa shape index (κ2) is 9.62. The van der Waals surface area contributed by atoms with Crippen LogP contribution in [0.4, 0.5) is 13.2 Å². The quantitative estimate of drug-likeness (QED) is 0.528. The summed E-state index contributed by atoms with van der Waals surface area (Å²) in [5.41, 5.74) is 0.184. The van der Waals surface area contributed by atoms with E-state index in [-0.39, 0.29) is 31.5 Å². The molecule has 2 aromatic heterocycles. The summed E-state index contributed by atoms with van der Waals surface area (Å²) in [6.07, 6.45) is -2.28. The monoisotopic (exact) mass is 462 g/mol. The zero-order chi connectivity index (χ0) is 24.2. The number of aromatic amines is 1. The smallest absolute Gasteiger partial charge is 0.432 e. The summed E-state index contributed by atoms with van der Waals surface area (Å²) in [5.74, 6) is 0.541. The highest BCUT2D eigenvalue weighted by Crippen LogP contribution is 2.30. The van der Waals surface area contributed by atoms with Crippen LogP contribution in [0.2, 0.25) is 0 Å². The first-order valence-electron chi connectivity index (χ1n) is 10.2. The van der Waals surface area contributed by atoms with Crippen molar-refractivity contribution in [3.05, 3.63) is 54.5 Å². The number of nitrogens with zero attached hydrogens (tertiary/aromatic N) is 3. The number of ether oxygens (including phenoxy) is 1. The van der Waals surface area contributed by atoms with Crippen LogP contribution in [-0.2, 0) is 11.0 Å². The fraction of sp³-hybridized carbons (Fsp3) is 0.348. The highest BCUT2D eigenvalue weighted by Gasteiger charge is 2.33. The lowest BCUT2D eigenvalue weighted by atomic mass is 9.93. The molecule has 0 saturated heterocycles. The maximum Gasteiger partial charge on any atom is 0.432 e. The van der Waals surface area contributed by atoms with E-state index in [0.717, 1.165) is 11.8 Å². The molecule has 0 atom stereocenters. The van der Waals surface area contributed by atoms with Crippen molar-refractivity contribution in [1.82, 2.24) is 19.9 Å². The van der Waals surface area contributed by atoms with E-state index in [9.17, 15) is 18.0 Å². The van der Waals surface area contributed by atoms with E-state index in [1.165, 1.54) is 11.1 Å². The molecule has 1 amide bonds. The molecule has 2 N–H and O–H groups in total. The molecule has 10 heteroatoms. The topological polar surface area (TPSA) is 91.3 Å². The first kappa shape index (κ1) is 24.2. The Balaban J connectivity index is 1.64. The summed E-state index contributed by atoms with van der Waals surface area (Å²) in [6, 6.07) is 10.5. The SMILES string of the molecule is CN(CCO)C(=O)C(C)(C)COc1ccc(-c2ccc(-c3ncc(C(F)(F)F)[nH]3)cn2)cc1. The van der Waals surface area contributed by atoms with E-state index in [0.29, 0.717) is 17.0 Å².